The third-order valence-electron chi connectivity index (χ3n) is 7.15. The lowest BCUT2D eigenvalue weighted by atomic mass is 9.78. The maximum absolute atomic E-state index is 15.1. The zero-order valence-electron chi connectivity index (χ0n) is 21.3. The summed E-state index contributed by atoms with van der Waals surface area (Å²) in [6.45, 7) is 1.18. The molecule has 1 saturated heterocycles. The van der Waals surface area contributed by atoms with E-state index in [-0.39, 0.29) is 30.3 Å². The van der Waals surface area contributed by atoms with Crippen molar-refractivity contribution in [1.29, 1.82) is 0 Å². The molecule has 1 aromatic heterocycles. The molecule has 210 valence electrons. The zero-order valence-corrected chi connectivity index (χ0v) is 22.9. The minimum atomic E-state index is -3.20. The van der Waals surface area contributed by atoms with E-state index < -0.39 is 57.1 Å². The molecule has 0 radical (unpaired) electrons. The number of sulfone groups is 1. The lowest BCUT2D eigenvalue weighted by Crippen LogP contribution is -2.58. The molecule has 13 heteroatoms. The molecule has 0 aliphatic carbocycles. The van der Waals surface area contributed by atoms with Crippen molar-refractivity contribution in [3.05, 3.63) is 87.9 Å². The van der Waals surface area contributed by atoms with Crippen molar-refractivity contribution < 1.29 is 31.2 Å². The average Bonchev–Trinajstić information content (AvgIpc) is 3.54. The number of anilines is 1. The van der Waals surface area contributed by atoms with Crippen LogP contribution in [0.1, 0.15) is 23.3 Å². The highest BCUT2D eigenvalue weighted by atomic mass is 32.2. The number of nitrogens with zero attached hydrogens (tertiary/aromatic N) is 3. The van der Waals surface area contributed by atoms with Crippen LogP contribution in [0.5, 0.6) is 0 Å². The Morgan fingerprint density at radius 2 is 1.73 bits per heavy atom. The van der Waals surface area contributed by atoms with Crippen molar-refractivity contribution in [3.63, 3.8) is 0 Å². The highest BCUT2D eigenvalue weighted by Crippen LogP contribution is 2.46. The van der Waals surface area contributed by atoms with Crippen molar-refractivity contribution in [1.82, 2.24) is 10.2 Å². The van der Waals surface area contributed by atoms with Crippen LogP contribution < -0.4 is 10.3 Å². The zero-order chi connectivity index (χ0) is 28.7. The number of amides is 2. The first-order valence-corrected chi connectivity index (χ1v) is 15.1. The largest absolute Gasteiger partial charge is 0.345 e. The monoisotopic (exact) mass is 590 g/mol. The van der Waals surface area contributed by atoms with Crippen LogP contribution >= 0.6 is 11.3 Å². The minimum Gasteiger partial charge on any atom is -0.345 e. The summed E-state index contributed by atoms with van der Waals surface area (Å²) >= 11 is 1.34. The van der Waals surface area contributed by atoms with Crippen molar-refractivity contribution in [2.75, 3.05) is 36.1 Å². The third kappa shape index (κ3) is 5.22. The molecule has 5 rings (SSSR count). The molecule has 2 aliphatic rings. The minimum absolute atomic E-state index is 0.0247. The van der Waals surface area contributed by atoms with Gasteiger partial charge in [-0.15, -0.1) is 11.3 Å². The molecule has 8 nitrogen and oxygen atoms in total. The molecule has 3 aromatic rings. The first-order valence-electron chi connectivity index (χ1n) is 12.4. The van der Waals surface area contributed by atoms with Gasteiger partial charge in [0, 0.05) is 24.0 Å². The molecule has 2 unspecified atom stereocenters. The summed E-state index contributed by atoms with van der Waals surface area (Å²) in [6.07, 6.45) is 0. The van der Waals surface area contributed by atoms with E-state index in [9.17, 15) is 26.8 Å². The van der Waals surface area contributed by atoms with Gasteiger partial charge in [0.1, 0.15) is 11.6 Å². The smallest absolute Gasteiger partial charge is 0.249 e. The number of thiophene rings is 1. The Kier molecular flexibility index (Phi) is 7.44. The lowest BCUT2D eigenvalue weighted by molar-refractivity contribution is -0.134. The van der Waals surface area contributed by atoms with Gasteiger partial charge in [0.05, 0.1) is 35.4 Å². The van der Waals surface area contributed by atoms with E-state index in [1.54, 1.807) is 19.1 Å². The Labute approximate surface area is 233 Å². The second-order valence-corrected chi connectivity index (χ2v) is 13.0. The van der Waals surface area contributed by atoms with Gasteiger partial charge in [0.15, 0.2) is 21.2 Å². The van der Waals surface area contributed by atoms with Crippen molar-refractivity contribution in [2.45, 2.75) is 18.4 Å². The van der Waals surface area contributed by atoms with Gasteiger partial charge in [-0.25, -0.2) is 26.6 Å². The van der Waals surface area contributed by atoms with E-state index >= 15 is 4.39 Å². The molecule has 2 atom stereocenters. The fourth-order valence-electron chi connectivity index (χ4n) is 4.96. The summed E-state index contributed by atoms with van der Waals surface area (Å²) in [5, 5.41) is 10.3. The lowest BCUT2D eigenvalue weighted by Gasteiger charge is -2.37. The SMILES string of the molecule is CC1(C(=O)NCC(=O)N2CCS(=O)(=O)CC2)C(c2cccs2)C(c2ccc(F)cc2)=NN1c1ccc(F)cc1F. The van der Waals surface area contributed by atoms with Gasteiger partial charge < -0.3 is 10.2 Å². The fraction of sp³-hybridized carbons (Fsp3) is 0.296. The quantitative estimate of drug-likeness (QED) is 0.475. The first-order chi connectivity index (χ1) is 19.0. The predicted octanol–water partition coefficient (Wildman–Crippen LogP) is 3.31. The van der Waals surface area contributed by atoms with Crippen LogP contribution in [0.25, 0.3) is 0 Å². The third-order valence-corrected chi connectivity index (χ3v) is 9.69. The summed E-state index contributed by atoms with van der Waals surface area (Å²) in [5.41, 5.74) is -0.949. The molecule has 2 aliphatic heterocycles. The Morgan fingerprint density at radius 1 is 1.05 bits per heavy atom. The number of hydrazone groups is 1. The topological polar surface area (TPSA) is 99.2 Å². The van der Waals surface area contributed by atoms with Gasteiger partial charge in [-0.05, 0) is 48.2 Å². The summed E-state index contributed by atoms with van der Waals surface area (Å²) < 4.78 is 66.2. The van der Waals surface area contributed by atoms with E-state index in [0.29, 0.717) is 22.2 Å². The number of hydrogen-bond acceptors (Lipinski definition) is 7. The van der Waals surface area contributed by atoms with Gasteiger partial charge in [-0.1, -0.05) is 18.2 Å². The van der Waals surface area contributed by atoms with Crippen molar-refractivity contribution >= 4 is 44.4 Å². The second kappa shape index (κ2) is 10.7. The molecule has 3 heterocycles. The Balaban J connectivity index is 1.53. The van der Waals surface area contributed by atoms with Crippen molar-refractivity contribution in [2.24, 2.45) is 5.10 Å². The number of nitrogens with one attached hydrogen (secondary N) is 1. The predicted molar refractivity (Wildman–Crippen MR) is 145 cm³/mol. The summed E-state index contributed by atoms with van der Waals surface area (Å²) in [4.78, 5) is 28.9. The van der Waals surface area contributed by atoms with E-state index in [1.165, 1.54) is 51.6 Å². The molecule has 0 bridgehead atoms. The van der Waals surface area contributed by atoms with Crippen LogP contribution in [0, 0.1) is 17.5 Å². The first kappa shape index (κ1) is 27.8. The normalized spacial score (nSPS) is 22.2. The highest BCUT2D eigenvalue weighted by Gasteiger charge is 2.55. The van der Waals surface area contributed by atoms with E-state index in [1.807, 2.05) is 5.38 Å². The molecule has 2 amide bonds. The van der Waals surface area contributed by atoms with Crippen LogP contribution in [0.15, 0.2) is 65.1 Å². The maximum atomic E-state index is 15.1. The molecule has 2 aromatic carbocycles. The fourth-order valence-corrected chi connectivity index (χ4v) is 7.11. The average molecular weight is 591 g/mol. The van der Waals surface area contributed by atoms with Crippen LogP contribution in [-0.2, 0) is 19.4 Å². The van der Waals surface area contributed by atoms with E-state index in [4.69, 9.17) is 0 Å². The maximum Gasteiger partial charge on any atom is 0.249 e. The number of carbonyl (C=O) groups excluding carboxylic acids is 2. The summed E-state index contributed by atoms with van der Waals surface area (Å²) in [6, 6.07) is 12.0. The molecule has 1 fully saturated rings. The highest BCUT2D eigenvalue weighted by molar-refractivity contribution is 7.91. The Morgan fingerprint density at radius 3 is 2.35 bits per heavy atom. The van der Waals surface area contributed by atoms with Crippen LogP contribution in [-0.4, -0.2) is 67.5 Å². The number of hydrogen-bond donors (Lipinski definition) is 1. The second-order valence-electron chi connectivity index (χ2n) is 9.71. The molecule has 1 N–H and O–H groups in total. The van der Waals surface area contributed by atoms with E-state index in [0.717, 1.165) is 6.07 Å². The molecule has 0 spiro atoms. The van der Waals surface area contributed by atoms with Gasteiger partial charge in [0.2, 0.25) is 11.8 Å². The van der Waals surface area contributed by atoms with Crippen LogP contribution in [0.2, 0.25) is 0 Å². The van der Waals surface area contributed by atoms with Gasteiger partial charge in [-0.2, -0.15) is 5.10 Å². The summed E-state index contributed by atoms with van der Waals surface area (Å²) in [7, 11) is -3.20. The van der Waals surface area contributed by atoms with Crippen LogP contribution in [0.3, 0.4) is 0 Å². The number of rotatable bonds is 6. The van der Waals surface area contributed by atoms with Gasteiger partial charge in [0.25, 0.3) is 0 Å². The van der Waals surface area contributed by atoms with Crippen LogP contribution in [0.4, 0.5) is 18.9 Å². The number of carbonyl (C=O) groups is 2. The number of halogens is 3. The standard InChI is InChI=1S/C27H25F3N4O4S2/c1-27(26(36)31-16-23(35)33-10-13-40(37,38)14-11-33)24(22-3-2-12-39-22)25(17-4-6-18(28)7-5-17)32-34(27)21-9-8-19(29)15-20(21)30/h2-9,12,15,24H,10-11,13-14,16H2,1H3,(H,31,36). The van der Waals surface area contributed by atoms with Gasteiger partial charge >= 0.3 is 0 Å². The van der Waals surface area contributed by atoms with Gasteiger partial charge in [-0.3, -0.25) is 9.59 Å². The summed E-state index contributed by atoms with van der Waals surface area (Å²) in [5.74, 6) is -4.44. The molecular formula is C27H25F3N4O4S2. The number of benzene rings is 2. The Hall–Kier alpha value is -3.71. The van der Waals surface area contributed by atoms with E-state index in [2.05, 4.69) is 10.4 Å². The Bertz CT molecular complexity index is 1570. The molecule has 0 saturated carbocycles. The molecule has 40 heavy (non-hydrogen) atoms. The van der Waals surface area contributed by atoms with Crippen molar-refractivity contribution in [3.8, 4) is 0 Å². The molecular weight excluding hydrogens is 565 g/mol.